The van der Waals surface area contributed by atoms with Crippen molar-refractivity contribution in [3.05, 3.63) is 29.8 Å². The summed E-state index contributed by atoms with van der Waals surface area (Å²) in [6.45, 7) is 4.56. The van der Waals surface area contributed by atoms with Crippen molar-refractivity contribution < 1.29 is 4.74 Å². The minimum absolute atomic E-state index is 0.0847. The van der Waals surface area contributed by atoms with Crippen molar-refractivity contribution >= 4 is 11.9 Å². The van der Waals surface area contributed by atoms with Gasteiger partial charge in [-0.05, 0) is 26.0 Å². The molecule has 1 atom stereocenters. The van der Waals surface area contributed by atoms with Gasteiger partial charge in [0, 0.05) is 0 Å². The average molecular weight is 247 g/mol. The van der Waals surface area contributed by atoms with Crippen LogP contribution in [-0.4, -0.2) is 27.8 Å². The fraction of sp³-hybridized carbons (Fsp3) is 0.333. The maximum absolute atomic E-state index is 5.64. The molecule has 1 unspecified atom stereocenters. The number of hydrogen-bond acceptors (Lipinski definition) is 5. The first kappa shape index (κ1) is 12.2. The Hall–Kier alpha value is -2.24. The first-order valence-corrected chi connectivity index (χ1v) is 5.77. The van der Waals surface area contributed by atoms with Crippen LogP contribution < -0.4 is 15.8 Å². The van der Waals surface area contributed by atoms with E-state index in [1.807, 2.05) is 38.1 Å². The first-order valence-electron chi connectivity index (χ1n) is 5.77. The number of anilines is 2. The van der Waals surface area contributed by atoms with Crippen LogP contribution in [0.25, 0.3) is 0 Å². The predicted molar refractivity (Wildman–Crippen MR) is 70.6 cm³/mol. The third kappa shape index (κ3) is 3.38. The van der Waals surface area contributed by atoms with Gasteiger partial charge in [0.2, 0.25) is 11.9 Å². The number of aromatic amines is 1. The van der Waals surface area contributed by atoms with E-state index in [2.05, 4.69) is 20.5 Å². The molecule has 0 aliphatic rings. The number of aromatic nitrogens is 3. The zero-order valence-electron chi connectivity index (χ0n) is 10.5. The van der Waals surface area contributed by atoms with Gasteiger partial charge >= 0.3 is 0 Å². The molecule has 0 radical (unpaired) electrons. The molecule has 96 valence electrons. The molecule has 0 saturated heterocycles. The zero-order valence-corrected chi connectivity index (χ0v) is 10.5. The highest BCUT2D eigenvalue weighted by Crippen LogP contribution is 2.12. The molecule has 0 amide bonds. The Bertz CT molecular complexity index is 493. The maximum atomic E-state index is 5.64. The standard InChI is InChI=1S/C12H17N5O/c1-8-3-5-10(6-4-8)18-7-9(2)14-12-15-11(13)16-17-12/h3-6,9H,7H2,1-2H3,(H4,13,14,15,16,17). The molecule has 18 heavy (non-hydrogen) atoms. The van der Waals surface area contributed by atoms with E-state index in [1.165, 1.54) is 5.56 Å². The number of benzene rings is 1. The maximum Gasteiger partial charge on any atom is 0.244 e. The van der Waals surface area contributed by atoms with Gasteiger partial charge in [0.25, 0.3) is 0 Å². The minimum atomic E-state index is 0.0847. The van der Waals surface area contributed by atoms with Crippen LogP contribution in [0.4, 0.5) is 11.9 Å². The van der Waals surface area contributed by atoms with Crippen LogP contribution in [0.15, 0.2) is 24.3 Å². The highest BCUT2D eigenvalue weighted by molar-refractivity contribution is 5.31. The Morgan fingerprint density at radius 1 is 1.39 bits per heavy atom. The van der Waals surface area contributed by atoms with E-state index in [0.717, 1.165) is 5.75 Å². The topological polar surface area (TPSA) is 88.8 Å². The zero-order chi connectivity index (χ0) is 13.0. The molecule has 6 nitrogen and oxygen atoms in total. The van der Waals surface area contributed by atoms with E-state index in [1.54, 1.807) is 0 Å². The molecule has 1 aromatic heterocycles. The summed E-state index contributed by atoms with van der Waals surface area (Å²) in [5.41, 5.74) is 6.65. The quantitative estimate of drug-likeness (QED) is 0.746. The average Bonchev–Trinajstić information content (AvgIpc) is 2.74. The van der Waals surface area contributed by atoms with Gasteiger partial charge in [-0.1, -0.05) is 17.7 Å². The van der Waals surface area contributed by atoms with E-state index in [0.29, 0.717) is 18.5 Å². The van der Waals surface area contributed by atoms with Crippen molar-refractivity contribution in [3.8, 4) is 5.75 Å². The second kappa shape index (κ2) is 5.39. The van der Waals surface area contributed by atoms with E-state index in [-0.39, 0.29) is 6.04 Å². The molecule has 1 heterocycles. The van der Waals surface area contributed by atoms with Gasteiger partial charge in [-0.3, -0.25) is 0 Å². The van der Waals surface area contributed by atoms with Crippen molar-refractivity contribution in [2.75, 3.05) is 17.7 Å². The lowest BCUT2D eigenvalue weighted by Gasteiger charge is -2.13. The highest BCUT2D eigenvalue weighted by Gasteiger charge is 2.06. The fourth-order valence-electron chi connectivity index (χ4n) is 1.46. The van der Waals surface area contributed by atoms with Crippen LogP contribution in [0.5, 0.6) is 5.75 Å². The molecule has 1 aromatic carbocycles. The SMILES string of the molecule is Cc1ccc(OCC(C)Nc2n[nH]c(N)n2)cc1. The summed E-state index contributed by atoms with van der Waals surface area (Å²) >= 11 is 0. The smallest absolute Gasteiger partial charge is 0.244 e. The summed E-state index contributed by atoms with van der Waals surface area (Å²) in [4.78, 5) is 3.96. The van der Waals surface area contributed by atoms with Crippen molar-refractivity contribution in [3.63, 3.8) is 0 Å². The number of aryl methyl sites for hydroxylation is 1. The lowest BCUT2D eigenvalue weighted by Crippen LogP contribution is -2.24. The lowest BCUT2D eigenvalue weighted by molar-refractivity contribution is 0.303. The third-order valence-corrected chi connectivity index (χ3v) is 2.40. The molecule has 4 N–H and O–H groups in total. The van der Waals surface area contributed by atoms with Crippen LogP contribution >= 0.6 is 0 Å². The molecule has 6 heteroatoms. The summed E-state index contributed by atoms with van der Waals surface area (Å²) in [5.74, 6) is 1.63. The van der Waals surface area contributed by atoms with Gasteiger partial charge in [0.15, 0.2) is 0 Å². The number of nitrogen functional groups attached to an aromatic ring is 1. The Labute approximate surface area is 106 Å². The Kier molecular flexibility index (Phi) is 3.66. The lowest BCUT2D eigenvalue weighted by atomic mass is 10.2. The third-order valence-electron chi connectivity index (χ3n) is 2.40. The van der Waals surface area contributed by atoms with E-state index < -0.39 is 0 Å². The van der Waals surface area contributed by atoms with Gasteiger partial charge in [-0.15, -0.1) is 5.10 Å². The van der Waals surface area contributed by atoms with Crippen molar-refractivity contribution in [1.29, 1.82) is 0 Å². The number of nitrogens with zero attached hydrogens (tertiary/aromatic N) is 2. The number of nitrogens with two attached hydrogens (primary N) is 1. The normalized spacial score (nSPS) is 12.1. The van der Waals surface area contributed by atoms with Crippen LogP contribution in [0, 0.1) is 6.92 Å². The molecule has 0 fully saturated rings. The second-order valence-electron chi connectivity index (χ2n) is 4.21. The summed E-state index contributed by atoms with van der Waals surface area (Å²) in [7, 11) is 0. The molecule has 0 bridgehead atoms. The van der Waals surface area contributed by atoms with Gasteiger partial charge in [-0.25, -0.2) is 5.10 Å². The highest BCUT2D eigenvalue weighted by atomic mass is 16.5. The first-order chi connectivity index (χ1) is 8.63. The molecule has 2 rings (SSSR count). The van der Waals surface area contributed by atoms with Crippen LogP contribution in [0.1, 0.15) is 12.5 Å². The van der Waals surface area contributed by atoms with E-state index in [4.69, 9.17) is 10.5 Å². The van der Waals surface area contributed by atoms with Crippen LogP contribution in [0.3, 0.4) is 0 Å². The number of rotatable bonds is 5. The fourth-order valence-corrected chi connectivity index (χ4v) is 1.46. The minimum Gasteiger partial charge on any atom is -0.491 e. The van der Waals surface area contributed by atoms with Gasteiger partial charge in [-0.2, -0.15) is 4.98 Å². The Morgan fingerprint density at radius 2 is 2.11 bits per heavy atom. The Morgan fingerprint density at radius 3 is 2.72 bits per heavy atom. The largest absolute Gasteiger partial charge is 0.491 e. The van der Waals surface area contributed by atoms with Crippen molar-refractivity contribution in [2.45, 2.75) is 19.9 Å². The van der Waals surface area contributed by atoms with Crippen LogP contribution in [0.2, 0.25) is 0 Å². The Balaban J connectivity index is 1.81. The number of ether oxygens (including phenoxy) is 1. The molecule has 0 saturated carbocycles. The molecule has 0 aliphatic heterocycles. The van der Waals surface area contributed by atoms with Crippen LogP contribution in [-0.2, 0) is 0 Å². The monoisotopic (exact) mass is 247 g/mol. The molecular formula is C12H17N5O. The van der Waals surface area contributed by atoms with E-state index in [9.17, 15) is 0 Å². The number of nitrogens with one attached hydrogen (secondary N) is 2. The molecule has 2 aromatic rings. The molecule has 0 spiro atoms. The molecule has 0 aliphatic carbocycles. The molecular weight excluding hydrogens is 230 g/mol. The van der Waals surface area contributed by atoms with Crippen molar-refractivity contribution in [1.82, 2.24) is 15.2 Å². The number of hydrogen-bond donors (Lipinski definition) is 3. The van der Waals surface area contributed by atoms with Gasteiger partial charge in [0.1, 0.15) is 12.4 Å². The number of H-pyrrole nitrogens is 1. The van der Waals surface area contributed by atoms with Gasteiger partial charge < -0.3 is 15.8 Å². The summed E-state index contributed by atoms with van der Waals surface area (Å²) in [5, 5.41) is 9.55. The van der Waals surface area contributed by atoms with Crippen molar-refractivity contribution in [2.24, 2.45) is 0 Å². The van der Waals surface area contributed by atoms with Gasteiger partial charge in [0.05, 0.1) is 6.04 Å². The summed E-state index contributed by atoms with van der Waals surface area (Å²) in [6.07, 6.45) is 0. The predicted octanol–water partition coefficient (Wildman–Crippen LogP) is 1.57. The summed E-state index contributed by atoms with van der Waals surface area (Å²) in [6, 6.07) is 8.02. The van der Waals surface area contributed by atoms with E-state index >= 15 is 0 Å². The summed E-state index contributed by atoms with van der Waals surface area (Å²) < 4.78 is 5.64. The second-order valence-corrected chi connectivity index (χ2v) is 4.21.